The van der Waals surface area contributed by atoms with Gasteiger partial charge in [0.2, 0.25) is 0 Å². The van der Waals surface area contributed by atoms with Gasteiger partial charge in [0.25, 0.3) is 0 Å². The lowest BCUT2D eigenvalue weighted by molar-refractivity contribution is 0.665. The minimum atomic E-state index is 0.486. The normalized spacial score (nSPS) is 12.1. The van der Waals surface area contributed by atoms with Crippen LogP contribution in [0.1, 0.15) is 0 Å². The van der Waals surface area contributed by atoms with Crippen LogP contribution in [0, 0.1) is 0 Å². The molecule has 0 aliphatic carbocycles. The summed E-state index contributed by atoms with van der Waals surface area (Å²) >= 11 is 1.74. The lowest BCUT2D eigenvalue weighted by atomic mass is 9.97. The number of fused-ring (bicyclic) bond motifs is 18. The van der Waals surface area contributed by atoms with E-state index in [1.807, 2.05) is 91.0 Å². The van der Waals surface area contributed by atoms with Crippen LogP contribution in [0.5, 0.6) is 0 Å². The highest BCUT2D eigenvalue weighted by Crippen LogP contribution is 2.47. The van der Waals surface area contributed by atoms with Gasteiger partial charge in [0.05, 0.1) is 0 Å². The van der Waals surface area contributed by atoms with Crippen molar-refractivity contribution < 1.29 is 22.1 Å². The molecule has 0 atom stereocenters. The van der Waals surface area contributed by atoms with Crippen molar-refractivity contribution in [1.29, 1.82) is 0 Å². The Morgan fingerprint density at radius 1 is 0.196 bits per heavy atom. The predicted octanol–water partition coefficient (Wildman–Crippen LogP) is 24.9. The highest BCUT2D eigenvalue weighted by atomic mass is 32.1. The van der Waals surface area contributed by atoms with Crippen LogP contribution in [0.15, 0.2) is 313 Å². The summed E-state index contributed by atoms with van der Waals surface area (Å²) in [4.78, 5) is 32.0. The van der Waals surface area contributed by atoms with Crippen molar-refractivity contribution in [2.24, 2.45) is 0 Å². The topological polar surface area (TPSA) is 143 Å². The molecule has 0 unspecified atom stereocenters. The molecule has 0 aliphatic rings. The van der Waals surface area contributed by atoms with Gasteiger partial charge < -0.3 is 22.1 Å². The van der Waals surface area contributed by atoms with Crippen LogP contribution in [0.3, 0.4) is 0 Å². The Morgan fingerprint density at radius 3 is 1.10 bits per heavy atom. The van der Waals surface area contributed by atoms with Gasteiger partial charge in [0.15, 0.2) is 34.9 Å². The Morgan fingerprint density at radius 2 is 0.559 bits per heavy atom. The molecule has 14 aromatic carbocycles. The van der Waals surface area contributed by atoms with Gasteiger partial charge in [-0.3, -0.25) is 0 Å². The van der Waals surface area contributed by atoms with Gasteiger partial charge in [0.1, 0.15) is 55.8 Å². The molecule has 0 saturated heterocycles. The molecule has 0 saturated carbocycles. The predicted molar refractivity (Wildman–Crippen MR) is 411 cm³/mol. The number of aromatic nitrogens is 6. The van der Waals surface area contributed by atoms with Gasteiger partial charge in [0, 0.05) is 130 Å². The Hall–Kier alpha value is -13.7. The Balaban J connectivity index is 0.670. The summed E-state index contributed by atoms with van der Waals surface area (Å²) in [6.07, 6.45) is 0. The zero-order valence-electron chi connectivity index (χ0n) is 53.8. The van der Waals surface area contributed by atoms with Gasteiger partial charge in [-0.15, -0.1) is 11.3 Å². The van der Waals surface area contributed by atoms with Gasteiger partial charge in [-0.2, -0.15) is 0 Å². The van der Waals surface area contributed by atoms with Gasteiger partial charge >= 0.3 is 0 Å². The van der Waals surface area contributed by atoms with E-state index in [0.717, 1.165) is 170 Å². The quantitative estimate of drug-likeness (QED) is 0.136. The van der Waals surface area contributed by atoms with Crippen molar-refractivity contribution in [2.75, 3.05) is 0 Å². The average Bonchev–Trinajstić information content (AvgIpc) is 1.49. The number of hydrogen-bond donors (Lipinski definition) is 0. The zero-order valence-corrected chi connectivity index (χ0v) is 54.7. The second kappa shape index (κ2) is 21.9. The van der Waals surface area contributed by atoms with E-state index in [0.29, 0.717) is 51.7 Å². The number of nitrogens with zero attached hydrogens (tertiary/aromatic N) is 6. The summed E-state index contributed by atoms with van der Waals surface area (Å²) in [6.45, 7) is 0. The third-order valence-electron chi connectivity index (χ3n) is 20.0. The summed E-state index contributed by atoms with van der Waals surface area (Å²) in [5.74, 6) is 3.10. The van der Waals surface area contributed by atoms with E-state index in [1.54, 1.807) is 11.3 Å². The SMILES string of the molecule is c1ccc(-c2nc(-c3ccc4c(c3)oc3c(-c5cccc6c5oc5ccccc56)cccc34)nc(-c3cc(-c4ccc(-c5nc(-c6ccc7c(c6)oc6c(-c8cccc9c8oc8ccccc89)cccc67)nc(-c6cccc7c6sc6ccccc67)n5)cc4)cc4oc5ccccc5c34)n2)cc1. The second-order valence-electron chi connectivity index (χ2n) is 25.9. The molecule has 0 spiro atoms. The average molecular weight is 1330 g/mol. The highest BCUT2D eigenvalue weighted by molar-refractivity contribution is 7.26. The highest BCUT2D eigenvalue weighted by Gasteiger charge is 2.25. The molecule has 0 fully saturated rings. The van der Waals surface area contributed by atoms with Crippen molar-refractivity contribution in [3.63, 3.8) is 0 Å². The Kier molecular flexibility index (Phi) is 12.1. The minimum absolute atomic E-state index is 0.486. The lowest BCUT2D eigenvalue weighted by Gasteiger charge is -2.12. The van der Waals surface area contributed by atoms with Gasteiger partial charge in [-0.05, 0) is 77.9 Å². The largest absolute Gasteiger partial charge is 0.456 e. The van der Waals surface area contributed by atoms with Crippen molar-refractivity contribution in [3.8, 4) is 102 Å². The van der Waals surface area contributed by atoms with E-state index < -0.39 is 0 Å². The second-order valence-corrected chi connectivity index (χ2v) is 26.9. The van der Waals surface area contributed by atoms with E-state index in [4.69, 9.17) is 52.0 Å². The number of furan rings is 5. The van der Waals surface area contributed by atoms with Crippen LogP contribution in [0.25, 0.3) is 232 Å². The van der Waals surface area contributed by atoms with Gasteiger partial charge in [-0.25, -0.2) is 29.9 Å². The molecule has 474 valence electrons. The maximum Gasteiger partial charge on any atom is 0.165 e. The monoisotopic (exact) mass is 1320 g/mol. The Labute approximate surface area is 582 Å². The zero-order chi connectivity index (χ0) is 66.7. The molecular weight excluding hydrogens is 1280 g/mol. The van der Waals surface area contributed by atoms with E-state index >= 15 is 0 Å². The molecule has 0 amide bonds. The third kappa shape index (κ3) is 8.73. The van der Waals surface area contributed by atoms with Crippen molar-refractivity contribution >= 4 is 141 Å². The number of thiophene rings is 1. The standard InChI is InChI=1S/C90H48N6O5S/c1-2-17-50(18-3-1)85-91-88(53-42-44-58-63-26-15-30-67(83(63)101-76(58)47-53)65-28-13-24-61-56-20-5-9-34-73(56)99-81(61)65)96-90(94-85)71-45-54(48-77-79(71)69-22-6-10-35-74(69)97-77)49-37-39-51(40-38-49)86-92-87(95-89(93-86)70-32-16-31-68-59-21-7-11-36-78(59)102-84(68)70)52-41-43-57-62-25-14-29-66(82(62)100-75(57)46-52)64-27-12-23-60-55-19-4-8-33-72(55)98-80(60)64/h1-48H. The van der Waals surface area contributed by atoms with E-state index in [9.17, 15) is 0 Å². The first kappa shape index (κ1) is 56.3. The fourth-order valence-electron chi connectivity index (χ4n) is 15.2. The van der Waals surface area contributed by atoms with E-state index in [-0.39, 0.29) is 0 Å². The minimum Gasteiger partial charge on any atom is -0.456 e. The lowest BCUT2D eigenvalue weighted by Crippen LogP contribution is -2.01. The van der Waals surface area contributed by atoms with E-state index in [1.165, 1.54) is 10.1 Å². The van der Waals surface area contributed by atoms with Crippen LogP contribution in [-0.4, -0.2) is 29.9 Å². The molecule has 11 nitrogen and oxygen atoms in total. The summed E-state index contributed by atoms with van der Waals surface area (Å²) < 4.78 is 36.1. The van der Waals surface area contributed by atoms with Crippen molar-refractivity contribution in [2.45, 2.75) is 0 Å². The fraction of sp³-hybridized carbons (Fsp3) is 0. The molecule has 22 aromatic rings. The Bertz CT molecular complexity index is 7280. The van der Waals surface area contributed by atoms with Gasteiger partial charge in [-0.1, -0.05) is 224 Å². The number of hydrogen-bond acceptors (Lipinski definition) is 12. The molecule has 22 rings (SSSR count). The summed E-state index contributed by atoms with van der Waals surface area (Å²) in [6, 6.07) is 99.7. The molecule has 8 heterocycles. The molecule has 0 N–H and O–H groups in total. The van der Waals surface area contributed by atoms with Crippen LogP contribution in [-0.2, 0) is 0 Å². The van der Waals surface area contributed by atoms with Crippen molar-refractivity contribution in [3.05, 3.63) is 291 Å². The number of rotatable bonds is 9. The maximum absolute atomic E-state index is 6.95. The molecular formula is C90H48N6O5S. The number of para-hydroxylation sites is 7. The summed E-state index contributed by atoms with van der Waals surface area (Å²) in [5, 5.41) is 12.4. The summed E-state index contributed by atoms with van der Waals surface area (Å²) in [7, 11) is 0. The third-order valence-corrected chi connectivity index (χ3v) is 21.3. The van der Waals surface area contributed by atoms with Crippen LogP contribution < -0.4 is 0 Å². The number of benzene rings is 14. The summed E-state index contributed by atoms with van der Waals surface area (Å²) in [5.41, 5.74) is 18.3. The molecule has 0 bridgehead atoms. The van der Waals surface area contributed by atoms with Crippen LogP contribution in [0.4, 0.5) is 0 Å². The first-order valence-electron chi connectivity index (χ1n) is 33.8. The molecule has 0 radical (unpaired) electrons. The molecule has 0 aliphatic heterocycles. The van der Waals surface area contributed by atoms with Crippen molar-refractivity contribution in [1.82, 2.24) is 29.9 Å². The first-order chi connectivity index (χ1) is 50.5. The first-order valence-corrected chi connectivity index (χ1v) is 34.6. The maximum atomic E-state index is 6.95. The smallest absolute Gasteiger partial charge is 0.165 e. The molecule has 102 heavy (non-hydrogen) atoms. The van der Waals surface area contributed by atoms with E-state index in [2.05, 4.69) is 200 Å². The van der Waals surface area contributed by atoms with Crippen LogP contribution >= 0.6 is 11.3 Å². The fourth-order valence-corrected chi connectivity index (χ4v) is 16.5. The van der Waals surface area contributed by atoms with Crippen LogP contribution in [0.2, 0.25) is 0 Å². The molecule has 12 heteroatoms. The molecule has 8 aromatic heterocycles.